The smallest absolute Gasteiger partial charge is 0.435 e. The lowest BCUT2D eigenvalue weighted by atomic mass is 10.0. The molecule has 1 aromatic heterocycles. The molecular weight excluding hydrogens is 332 g/mol. The van der Waals surface area contributed by atoms with Crippen LogP contribution in [0.1, 0.15) is 30.0 Å². The van der Waals surface area contributed by atoms with Crippen molar-refractivity contribution in [3.05, 3.63) is 35.0 Å². The molecule has 0 amide bonds. The summed E-state index contributed by atoms with van der Waals surface area (Å²) in [6, 6.07) is 4.38. The number of aromatic nitrogens is 1. The van der Waals surface area contributed by atoms with E-state index in [0.29, 0.717) is 13.0 Å². The molecule has 1 fully saturated rings. The fourth-order valence-electron chi connectivity index (χ4n) is 3.78. The number of rotatable bonds is 5. The summed E-state index contributed by atoms with van der Waals surface area (Å²) in [6.07, 6.45) is 1.72. The highest BCUT2D eigenvalue weighted by atomic mass is 16.7. The van der Waals surface area contributed by atoms with Crippen LogP contribution in [0.25, 0.3) is 10.9 Å². The van der Waals surface area contributed by atoms with Gasteiger partial charge in [-0.3, -0.25) is 4.90 Å². The van der Waals surface area contributed by atoms with Crippen LogP contribution in [0.2, 0.25) is 0 Å². The molecule has 2 N–H and O–H groups in total. The van der Waals surface area contributed by atoms with Crippen LogP contribution < -0.4 is 0 Å². The molecule has 1 saturated heterocycles. The van der Waals surface area contributed by atoms with Crippen LogP contribution in [0.4, 0.5) is 4.79 Å². The first-order valence-corrected chi connectivity index (χ1v) is 9.29. The summed E-state index contributed by atoms with van der Waals surface area (Å²) in [6.45, 7) is 8.43. The summed E-state index contributed by atoms with van der Waals surface area (Å²) in [7, 11) is 0. The van der Waals surface area contributed by atoms with Crippen LogP contribution in [-0.4, -0.2) is 59.6 Å². The minimum absolute atomic E-state index is 0.269. The van der Waals surface area contributed by atoms with Crippen LogP contribution in [0.3, 0.4) is 0 Å². The van der Waals surface area contributed by atoms with Crippen molar-refractivity contribution in [2.24, 2.45) is 0 Å². The largest absolute Gasteiger partial charge is 0.508 e. The average molecular weight is 360 g/mol. The quantitative estimate of drug-likeness (QED) is 0.802. The SMILES string of the molecule is CCOC(=O)O[C@H]1CN(CCc2c[nH]c3cc(C)cc(C)c23)CC[C@@H]1O. The Morgan fingerprint density at radius 2 is 2.19 bits per heavy atom. The second-order valence-electron chi connectivity index (χ2n) is 7.06. The molecule has 26 heavy (non-hydrogen) atoms. The number of aliphatic hydroxyl groups excluding tert-OH is 1. The van der Waals surface area contributed by atoms with E-state index in [1.165, 1.54) is 27.6 Å². The van der Waals surface area contributed by atoms with E-state index in [1.807, 2.05) is 0 Å². The van der Waals surface area contributed by atoms with Gasteiger partial charge in [0, 0.05) is 36.7 Å². The van der Waals surface area contributed by atoms with Gasteiger partial charge in [0.25, 0.3) is 0 Å². The summed E-state index contributed by atoms with van der Waals surface area (Å²) in [4.78, 5) is 17.1. The Hall–Kier alpha value is -2.05. The zero-order chi connectivity index (χ0) is 18.7. The van der Waals surface area contributed by atoms with E-state index in [1.54, 1.807) is 6.92 Å². The highest BCUT2D eigenvalue weighted by Crippen LogP contribution is 2.25. The van der Waals surface area contributed by atoms with Crippen LogP contribution in [-0.2, 0) is 15.9 Å². The lowest BCUT2D eigenvalue weighted by molar-refractivity contribution is -0.0670. The Balaban J connectivity index is 1.62. The number of carbonyl (C=O) groups is 1. The fraction of sp³-hybridized carbons (Fsp3) is 0.550. The van der Waals surface area contributed by atoms with Gasteiger partial charge in [0.1, 0.15) is 6.10 Å². The number of hydrogen-bond acceptors (Lipinski definition) is 5. The van der Waals surface area contributed by atoms with Crippen LogP contribution in [0.5, 0.6) is 0 Å². The maximum Gasteiger partial charge on any atom is 0.508 e. The predicted molar refractivity (Wildman–Crippen MR) is 100 cm³/mol. The minimum atomic E-state index is -0.707. The van der Waals surface area contributed by atoms with Crippen molar-refractivity contribution < 1.29 is 19.4 Å². The topological polar surface area (TPSA) is 74.8 Å². The van der Waals surface area contributed by atoms with Gasteiger partial charge in [-0.05, 0) is 56.4 Å². The van der Waals surface area contributed by atoms with Crippen LogP contribution >= 0.6 is 0 Å². The third-order valence-corrected chi connectivity index (χ3v) is 5.02. The molecular formula is C20H28N2O4. The molecule has 6 heteroatoms. The maximum absolute atomic E-state index is 11.5. The molecule has 3 rings (SSSR count). The number of carbonyl (C=O) groups excluding carboxylic acids is 1. The van der Waals surface area contributed by atoms with E-state index in [0.717, 1.165) is 19.5 Å². The number of ether oxygens (including phenoxy) is 2. The first-order valence-electron chi connectivity index (χ1n) is 9.29. The Bertz CT molecular complexity index is 771. The number of hydrogen-bond donors (Lipinski definition) is 2. The number of benzene rings is 1. The Kier molecular flexibility index (Phi) is 5.84. The summed E-state index contributed by atoms with van der Waals surface area (Å²) >= 11 is 0. The molecule has 0 unspecified atom stereocenters. The number of nitrogens with one attached hydrogen (secondary N) is 1. The van der Waals surface area contributed by atoms with Gasteiger partial charge in [-0.2, -0.15) is 0 Å². The van der Waals surface area contributed by atoms with E-state index >= 15 is 0 Å². The van der Waals surface area contributed by atoms with Crippen molar-refractivity contribution in [3.63, 3.8) is 0 Å². The molecule has 142 valence electrons. The second-order valence-corrected chi connectivity index (χ2v) is 7.06. The Morgan fingerprint density at radius 1 is 1.38 bits per heavy atom. The minimum Gasteiger partial charge on any atom is -0.435 e. The molecule has 2 atom stereocenters. The number of aryl methyl sites for hydroxylation is 2. The molecule has 2 aromatic rings. The zero-order valence-electron chi connectivity index (χ0n) is 15.7. The zero-order valence-corrected chi connectivity index (χ0v) is 15.7. The number of fused-ring (bicyclic) bond motifs is 1. The van der Waals surface area contributed by atoms with Crippen molar-refractivity contribution in [1.82, 2.24) is 9.88 Å². The number of nitrogens with zero attached hydrogens (tertiary/aromatic N) is 1. The van der Waals surface area contributed by atoms with Gasteiger partial charge in [-0.1, -0.05) is 6.07 Å². The van der Waals surface area contributed by atoms with Gasteiger partial charge in [-0.15, -0.1) is 0 Å². The van der Waals surface area contributed by atoms with Gasteiger partial charge >= 0.3 is 6.16 Å². The maximum atomic E-state index is 11.5. The Morgan fingerprint density at radius 3 is 2.96 bits per heavy atom. The lowest BCUT2D eigenvalue weighted by Crippen LogP contribution is -2.49. The first-order chi connectivity index (χ1) is 12.5. The average Bonchev–Trinajstić information content (AvgIpc) is 2.99. The van der Waals surface area contributed by atoms with E-state index in [9.17, 15) is 9.90 Å². The van der Waals surface area contributed by atoms with Crippen molar-refractivity contribution >= 4 is 17.1 Å². The van der Waals surface area contributed by atoms with Gasteiger partial charge in [-0.25, -0.2) is 4.79 Å². The fourth-order valence-corrected chi connectivity index (χ4v) is 3.78. The number of H-pyrrole nitrogens is 1. The van der Waals surface area contributed by atoms with E-state index < -0.39 is 18.4 Å². The number of likely N-dealkylation sites (tertiary alicyclic amines) is 1. The summed E-state index contributed by atoms with van der Waals surface area (Å²) in [5, 5.41) is 11.4. The first kappa shape index (κ1) is 18.7. The normalized spacial score (nSPS) is 21.1. The number of piperidine rings is 1. The molecule has 0 aliphatic carbocycles. The monoisotopic (exact) mass is 360 g/mol. The van der Waals surface area contributed by atoms with Gasteiger partial charge < -0.3 is 19.6 Å². The molecule has 2 heterocycles. The lowest BCUT2D eigenvalue weighted by Gasteiger charge is -2.35. The molecule has 0 bridgehead atoms. The van der Waals surface area contributed by atoms with Gasteiger partial charge in [0.05, 0.1) is 12.7 Å². The van der Waals surface area contributed by atoms with Crippen LogP contribution in [0.15, 0.2) is 18.3 Å². The molecule has 0 spiro atoms. The molecule has 1 aliphatic heterocycles. The summed E-state index contributed by atoms with van der Waals surface area (Å²) in [5.74, 6) is 0. The van der Waals surface area contributed by atoms with Crippen molar-refractivity contribution in [2.45, 2.75) is 45.8 Å². The van der Waals surface area contributed by atoms with E-state index in [4.69, 9.17) is 9.47 Å². The highest BCUT2D eigenvalue weighted by Gasteiger charge is 2.31. The van der Waals surface area contributed by atoms with Crippen molar-refractivity contribution in [3.8, 4) is 0 Å². The molecule has 6 nitrogen and oxygen atoms in total. The second kappa shape index (κ2) is 8.10. The number of aromatic amines is 1. The van der Waals surface area contributed by atoms with E-state index in [2.05, 4.69) is 42.1 Å². The predicted octanol–water partition coefficient (Wildman–Crippen LogP) is 2.94. The standard InChI is InChI=1S/C20H28N2O4/c1-4-25-20(24)26-18-12-22(8-6-17(18)23)7-5-15-11-21-16-10-13(2)9-14(3)19(15)16/h9-11,17-18,21,23H,4-8,12H2,1-3H3/t17-,18-/m0/s1. The highest BCUT2D eigenvalue weighted by molar-refractivity contribution is 5.87. The Labute approximate surface area is 154 Å². The van der Waals surface area contributed by atoms with Gasteiger partial charge in [0.15, 0.2) is 0 Å². The third kappa shape index (κ3) is 4.19. The molecule has 1 aromatic carbocycles. The van der Waals surface area contributed by atoms with Gasteiger partial charge in [0.2, 0.25) is 0 Å². The molecule has 0 radical (unpaired) electrons. The molecule has 0 saturated carbocycles. The number of aliphatic hydroxyl groups is 1. The van der Waals surface area contributed by atoms with Crippen molar-refractivity contribution in [1.29, 1.82) is 0 Å². The van der Waals surface area contributed by atoms with Crippen molar-refractivity contribution in [2.75, 3.05) is 26.2 Å². The summed E-state index contributed by atoms with van der Waals surface area (Å²) in [5.41, 5.74) is 5.02. The van der Waals surface area contributed by atoms with Crippen LogP contribution in [0, 0.1) is 13.8 Å². The molecule has 1 aliphatic rings. The third-order valence-electron chi connectivity index (χ3n) is 5.02. The van der Waals surface area contributed by atoms with E-state index in [-0.39, 0.29) is 6.61 Å². The summed E-state index contributed by atoms with van der Waals surface area (Å²) < 4.78 is 10.1.